The van der Waals surface area contributed by atoms with Crippen LogP contribution in [-0.2, 0) is 0 Å². The fourth-order valence-corrected chi connectivity index (χ4v) is 2.73. The molecule has 1 aromatic heterocycles. The molecule has 3 nitrogen and oxygen atoms in total. The van der Waals surface area contributed by atoms with E-state index < -0.39 is 5.97 Å². The van der Waals surface area contributed by atoms with E-state index in [1.807, 2.05) is 6.92 Å². The van der Waals surface area contributed by atoms with Gasteiger partial charge in [-0.3, -0.25) is 4.98 Å². The molecule has 1 aromatic rings. The molecule has 1 rings (SSSR count). The molecule has 0 unspecified atom stereocenters. The predicted molar refractivity (Wildman–Crippen MR) is 70.8 cm³/mol. The maximum Gasteiger partial charge on any atom is 0.336 e. The smallest absolute Gasteiger partial charge is 0.336 e. The highest BCUT2D eigenvalue weighted by Gasteiger charge is 2.12. The third-order valence-corrected chi connectivity index (χ3v) is 3.85. The summed E-state index contributed by atoms with van der Waals surface area (Å²) in [5.74, 6) is 0.0962. The SMILES string of the molecule is CCCCCCSc1c(C(=O)O)ccnc1C. The summed E-state index contributed by atoms with van der Waals surface area (Å²) >= 11 is 1.61. The molecule has 4 heteroatoms. The molecule has 0 radical (unpaired) electrons. The molecule has 17 heavy (non-hydrogen) atoms. The van der Waals surface area contributed by atoms with E-state index in [9.17, 15) is 4.79 Å². The summed E-state index contributed by atoms with van der Waals surface area (Å²) in [6.45, 7) is 4.04. The van der Waals surface area contributed by atoms with Crippen LogP contribution in [0.1, 0.15) is 48.7 Å². The Morgan fingerprint density at radius 2 is 2.18 bits per heavy atom. The third kappa shape index (κ3) is 4.38. The van der Waals surface area contributed by atoms with Crippen LogP contribution in [-0.4, -0.2) is 21.8 Å². The van der Waals surface area contributed by atoms with Gasteiger partial charge in [0.15, 0.2) is 0 Å². The van der Waals surface area contributed by atoms with Gasteiger partial charge in [0, 0.05) is 11.1 Å². The highest BCUT2D eigenvalue weighted by molar-refractivity contribution is 7.99. The van der Waals surface area contributed by atoms with Crippen molar-refractivity contribution in [3.63, 3.8) is 0 Å². The first-order valence-electron chi connectivity index (χ1n) is 5.98. The van der Waals surface area contributed by atoms with Gasteiger partial charge in [-0.05, 0) is 25.2 Å². The van der Waals surface area contributed by atoms with Crippen molar-refractivity contribution in [2.75, 3.05) is 5.75 Å². The van der Waals surface area contributed by atoms with E-state index in [4.69, 9.17) is 5.11 Å². The Bertz CT molecular complexity index is 380. The number of nitrogens with zero attached hydrogens (tertiary/aromatic N) is 1. The van der Waals surface area contributed by atoms with Crippen molar-refractivity contribution < 1.29 is 9.90 Å². The molecule has 1 heterocycles. The van der Waals surface area contributed by atoms with Gasteiger partial charge in [-0.1, -0.05) is 26.2 Å². The molecule has 0 aromatic carbocycles. The molecule has 0 aliphatic carbocycles. The number of aromatic nitrogens is 1. The van der Waals surface area contributed by atoms with Crippen LogP contribution in [0.15, 0.2) is 17.2 Å². The Kier molecular flexibility index (Phi) is 6.05. The number of hydrogen-bond acceptors (Lipinski definition) is 3. The fourth-order valence-electron chi connectivity index (χ4n) is 1.61. The van der Waals surface area contributed by atoms with Crippen molar-refractivity contribution in [3.8, 4) is 0 Å². The summed E-state index contributed by atoms with van der Waals surface area (Å²) in [5, 5.41) is 9.09. The highest BCUT2D eigenvalue weighted by atomic mass is 32.2. The van der Waals surface area contributed by atoms with Gasteiger partial charge in [0.1, 0.15) is 0 Å². The van der Waals surface area contributed by atoms with Crippen molar-refractivity contribution in [2.45, 2.75) is 44.4 Å². The number of unbranched alkanes of at least 4 members (excludes halogenated alkanes) is 3. The van der Waals surface area contributed by atoms with Crippen LogP contribution >= 0.6 is 11.8 Å². The maximum atomic E-state index is 11.1. The summed E-state index contributed by atoms with van der Waals surface area (Å²) in [5.41, 5.74) is 1.18. The Hall–Kier alpha value is -1.03. The minimum absolute atomic E-state index is 0.373. The third-order valence-electron chi connectivity index (χ3n) is 2.56. The molecular weight excluding hydrogens is 234 g/mol. The number of hydrogen-bond donors (Lipinski definition) is 1. The number of aryl methyl sites for hydroxylation is 1. The monoisotopic (exact) mass is 253 g/mol. The fraction of sp³-hybridized carbons (Fsp3) is 0.538. The second kappa shape index (κ2) is 7.33. The first kappa shape index (κ1) is 14.0. The van der Waals surface area contributed by atoms with E-state index in [0.717, 1.165) is 22.8 Å². The lowest BCUT2D eigenvalue weighted by Gasteiger charge is -2.08. The molecule has 94 valence electrons. The van der Waals surface area contributed by atoms with Crippen LogP contribution in [0.4, 0.5) is 0 Å². The average Bonchev–Trinajstić information content (AvgIpc) is 2.30. The van der Waals surface area contributed by atoms with E-state index in [1.54, 1.807) is 24.0 Å². The second-order valence-electron chi connectivity index (χ2n) is 3.99. The van der Waals surface area contributed by atoms with Gasteiger partial charge in [-0.25, -0.2) is 4.79 Å². The molecule has 0 amide bonds. The van der Waals surface area contributed by atoms with Gasteiger partial charge in [0.05, 0.1) is 11.3 Å². The largest absolute Gasteiger partial charge is 0.478 e. The topological polar surface area (TPSA) is 50.2 Å². The molecule has 0 fully saturated rings. The van der Waals surface area contributed by atoms with Crippen molar-refractivity contribution in [1.82, 2.24) is 4.98 Å². The highest BCUT2D eigenvalue weighted by Crippen LogP contribution is 2.26. The molecule has 0 spiro atoms. The minimum Gasteiger partial charge on any atom is -0.478 e. The Morgan fingerprint density at radius 1 is 1.41 bits per heavy atom. The second-order valence-corrected chi connectivity index (χ2v) is 5.09. The normalized spacial score (nSPS) is 10.5. The maximum absolute atomic E-state index is 11.1. The lowest BCUT2D eigenvalue weighted by Crippen LogP contribution is -2.02. The molecule has 0 aliphatic heterocycles. The number of aromatic carboxylic acids is 1. The van der Waals surface area contributed by atoms with Crippen LogP contribution in [0.2, 0.25) is 0 Å². The van der Waals surface area contributed by atoms with E-state index in [1.165, 1.54) is 19.3 Å². The summed E-state index contributed by atoms with van der Waals surface area (Å²) in [4.78, 5) is 16.0. The summed E-state index contributed by atoms with van der Waals surface area (Å²) in [7, 11) is 0. The zero-order valence-electron chi connectivity index (χ0n) is 10.4. The van der Waals surface area contributed by atoms with Gasteiger partial charge in [-0.2, -0.15) is 0 Å². The summed E-state index contributed by atoms with van der Waals surface area (Å²) in [6.07, 6.45) is 6.37. The van der Waals surface area contributed by atoms with Gasteiger partial charge >= 0.3 is 5.97 Å². The average molecular weight is 253 g/mol. The minimum atomic E-state index is -0.869. The van der Waals surface area contributed by atoms with Crippen LogP contribution in [0.25, 0.3) is 0 Å². The molecule has 0 saturated carbocycles. The standard InChI is InChI=1S/C13H19NO2S/c1-3-4-5-6-9-17-12-10(2)14-8-7-11(12)13(15)16/h7-8H,3-6,9H2,1-2H3,(H,15,16). The van der Waals surface area contributed by atoms with Crippen molar-refractivity contribution >= 4 is 17.7 Å². The van der Waals surface area contributed by atoms with Crippen LogP contribution in [0, 0.1) is 6.92 Å². The van der Waals surface area contributed by atoms with E-state index in [0.29, 0.717) is 5.56 Å². The van der Waals surface area contributed by atoms with Gasteiger partial charge in [0.2, 0.25) is 0 Å². The molecule has 0 bridgehead atoms. The van der Waals surface area contributed by atoms with Gasteiger partial charge in [0.25, 0.3) is 0 Å². The Labute approximate surface area is 107 Å². The van der Waals surface area contributed by atoms with E-state index in [-0.39, 0.29) is 0 Å². The van der Waals surface area contributed by atoms with Crippen LogP contribution in [0.3, 0.4) is 0 Å². The zero-order chi connectivity index (χ0) is 12.7. The Balaban J connectivity index is 2.60. The van der Waals surface area contributed by atoms with E-state index >= 15 is 0 Å². The molecule has 1 N–H and O–H groups in total. The van der Waals surface area contributed by atoms with Crippen molar-refractivity contribution in [3.05, 3.63) is 23.5 Å². The van der Waals surface area contributed by atoms with Crippen LogP contribution in [0.5, 0.6) is 0 Å². The van der Waals surface area contributed by atoms with Crippen molar-refractivity contribution in [2.24, 2.45) is 0 Å². The number of carboxylic acid groups (broad SMARTS) is 1. The molecule has 0 saturated heterocycles. The number of thioether (sulfide) groups is 1. The predicted octanol–water partition coefficient (Wildman–Crippen LogP) is 3.76. The molecule has 0 atom stereocenters. The summed E-state index contributed by atoms with van der Waals surface area (Å²) in [6, 6.07) is 1.57. The van der Waals surface area contributed by atoms with E-state index in [2.05, 4.69) is 11.9 Å². The Morgan fingerprint density at radius 3 is 2.82 bits per heavy atom. The number of carboxylic acids is 1. The quantitative estimate of drug-likeness (QED) is 0.593. The lowest BCUT2D eigenvalue weighted by molar-refractivity contribution is 0.0692. The van der Waals surface area contributed by atoms with Crippen molar-refractivity contribution in [1.29, 1.82) is 0 Å². The lowest BCUT2D eigenvalue weighted by atomic mass is 10.2. The number of rotatable bonds is 7. The number of carbonyl (C=O) groups is 1. The first-order chi connectivity index (χ1) is 8.16. The van der Waals surface area contributed by atoms with Crippen LogP contribution < -0.4 is 0 Å². The molecular formula is C13H19NO2S. The summed E-state index contributed by atoms with van der Waals surface area (Å²) < 4.78 is 0. The number of pyridine rings is 1. The zero-order valence-corrected chi connectivity index (χ0v) is 11.2. The molecule has 0 aliphatic rings. The van der Waals surface area contributed by atoms with Gasteiger partial charge < -0.3 is 5.11 Å². The first-order valence-corrected chi connectivity index (χ1v) is 6.97. The van der Waals surface area contributed by atoms with Gasteiger partial charge in [-0.15, -0.1) is 11.8 Å².